The van der Waals surface area contributed by atoms with Crippen molar-refractivity contribution in [2.24, 2.45) is 7.05 Å². The van der Waals surface area contributed by atoms with Crippen LogP contribution < -0.4 is 0 Å². The van der Waals surface area contributed by atoms with Crippen LogP contribution in [0.5, 0.6) is 0 Å². The molecule has 1 amide bonds. The molecule has 0 aliphatic carbocycles. The summed E-state index contributed by atoms with van der Waals surface area (Å²) in [5.74, 6) is 0.599. The molecule has 0 aliphatic heterocycles. The highest BCUT2D eigenvalue weighted by molar-refractivity contribution is 6.33. The molecule has 0 saturated carbocycles. The number of amides is 1. The summed E-state index contributed by atoms with van der Waals surface area (Å²) in [6, 6.07) is 9.28. The van der Waals surface area contributed by atoms with Gasteiger partial charge in [-0.15, -0.1) is 0 Å². The fraction of sp³-hybridized carbons (Fsp3) is 0.278. The number of fused-ring (bicyclic) bond motifs is 1. The number of benzene rings is 1. The Labute approximate surface area is 151 Å². The number of halogens is 1. The van der Waals surface area contributed by atoms with E-state index in [4.69, 9.17) is 16.3 Å². The number of carbonyl (C=O) groups is 1. The number of aryl methyl sites for hydroxylation is 1. The lowest BCUT2D eigenvalue weighted by Crippen LogP contribution is -2.30. The number of hydrogen-bond acceptors (Lipinski definition) is 4. The third kappa shape index (κ3) is 3.36. The van der Waals surface area contributed by atoms with E-state index in [9.17, 15) is 4.79 Å². The van der Waals surface area contributed by atoms with Crippen LogP contribution in [-0.2, 0) is 11.8 Å². The van der Waals surface area contributed by atoms with Gasteiger partial charge >= 0.3 is 0 Å². The predicted octanol–water partition coefficient (Wildman–Crippen LogP) is 3.01. The van der Waals surface area contributed by atoms with Gasteiger partial charge in [-0.3, -0.25) is 4.79 Å². The van der Waals surface area contributed by atoms with Crippen LogP contribution in [0, 0.1) is 0 Å². The summed E-state index contributed by atoms with van der Waals surface area (Å²) in [6.07, 6.45) is 1.58. The normalized spacial score (nSPS) is 11.0. The minimum atomic E-state index is -0.114. The predicted molar refractivity (Wildman–Crippen MR) is 97.8 cm³/mol. The van der Waals surface area contributed by atoms with Crippen molar-refractivity contribution in [3.8, 4) is 11.4 Å². The van der Waals surface area contributed by atoms with Crippen LogP contribution >= 0.6 is 11.6 Å². The molecular formula is C18H19ClN4O2. The van der Waals surface area contributed by atoms with Crippen molar-refractivity contribution in [3.05, 3.63) is 47.1 Å². The second kappa shape index (κ2) is 7.21. The van der Waals surface area contributed by atoms with Gasteiger partial charge in [0.15, 0.2) is 5.65 Å². The Bertz CT molecular complexity index is 923. The standard InChI is InChI=1S/C18H19ClN4O2/c1-22(8-9-25-3)18(24)12-10-15-17(20-11-12)23(2)16(21-15)13-6-4-5-7-14(13)19/h4-7,10-11H,8-9H2,1-3H3. The van der Waals surface area contributed by atoms with Gasteiger partial charge in [0.1, 0.15) is 11.3 Å². The number of likely N-dealkylation sites (N-methyl/N-ethyl adjacent to an activating group) is 1. The number of ether oxygens (including phenoxy) is 1. The maximum absolute atomic E-state index is 12.5. The van der Waals surface area contributed by atoms with E-state index in [0.29, 0.717) is 40.7 Å². The van der Waals surface area contributed by atoms with Crippen molar-refractivity contribution in [1.29, 1.82) is 0 Å². The summed E-state index contributed by atoms with van der Waals surface area (Å²) < 4.78 is 6.88. The second-order valence-electron chi connectivity index (χ2n) is 5.76. The summed E-state index contributed by atoms with van der Waals surface area (Å²) in [4.78, 5) is 23.1. The average molecular weight is 359 g/mol. The summed E-state index contributed by atoms with van der Waals surface area (Å²) in [5.41, 5.74) is 2.68. The van der Waals surface area contributed by atoms with Gasteiger partial charge in [-0.1, -0.05) is 23.7 Å². The van der Waals surface area contributed by atoms with Gasteiger partial charge in [0.25, 0.3) is 5.91 Å². The maximum atomic E-state index is 12.5. The number of pyridine rings is 1. The van der Waals surface area contributed by atoms with Crippen molar-refractivity contribution in [3.63, 3.8) is 0 Å². The summed E-state index contributed by atoms with van der Waals surface area (Å²) in [7, 11) is 5.22. The van der Waals surface area contributed by atoms with E-state index in [-0.39, 0.29) is 5.91 Å². The van der Waals surface area contributed by atoms with Gasteiger partial charge < -0.3 is 14.2 Å². The van der Waals surface area contributed by atoms with E-state index in [1.807, 2.05) is 35.9 Å². The number of rotatable bonds is 5. The van der Waals surface area contributed by atoms with Crippen LogP contribution in [0.1, 0.15) is 10.4 Å². The summed E-state index contributed by atoms with van der Waals surface area (Å²) >= 11 is 6.28. The maximum Gasteiger partial charge on any atom is 0.255 e. The number of methoxy groups -OCH3 is 1. The van der Waals surface area contributed by atoms with Crippen LogP contribution in [0.25, 0.3) is 22.6 Å². The molecule has 0 unspecified atom stereocenters. The lowest BCUT2D eigenvalue weighted by atomic mass is 10.2. The minimum absolute atomic E-state index is 0.114. The smallest absolute Gasteiger partial charge is 0.255 e. The summed E-state index contributed by atoms with van der Waals surface area (Å²) in [6.45, 7) is 0.999. The SMILES string of the molecule is COCCN(C)C(=O)c1cnc2c(c1)nc(-c1ccccc1Cl)n2C. The minimum Gasteiger partial charge on any atom is -0.383 e. The van der Waals surface area contributed by atoms with Crippen LogP contribution in [0.3, 0.4) is 0 Å². The molecule has 3 aromatic rings. The van der Waals surface area contributed by atoms with E-state index < -0.39 is 0 Å². The van der Waals surface area contributed by atoms with E-state index in [2.05, 4.69) is 9.97 Å². The number of imidazole rings is 1. The Morgan fingerprint density at radius 1 is 1.36 bits per heavy atom. The Morgan fingerprint density at radius 3 is 2.84 bits per heavy atom. The molecule has 0 radical (unpaired) electrons. The lowest BCUT2D eigenvalue weighted by Gasteiger charge is -2.16. The number of carbonyl (C=O) groups excluding carboxylic acids is 1. The molecule has 7 heteroatoms. The van der Waals surface area contributed by atoms with E-state index in [1.54, 1.807) is 31.3 Å². The largest absolute Gasteiger partial charge is 0.383 e. The third-order valence-electron chi connectivity index (χ3n) is 4.05. The first-order valence-corrected chi connectivity index (χ1v) is 8.22. The van der Waals surface area contributed by atoms with Crippen molar-refractivity contribution in [2.45, 2.75) is 0 Å². The molecule has 0 aliphatic rings. The molecule has 25 heavy (non-hydrogen) atoms. The molecule has 1 aromatic carbocycles. The monoisotopic (exact) mass is 358 g/mol. The second-order valence-corrected chi connectivity index (χ2v) is 6.17. The van der Waals surface area contributed by atoms with Gasteiger partial charge in [0.2, 0.25) is 0 Å². The van der Waals surface area contributed by atoms with Crippen LogP contribution in [0.15, 0.2) is 36.5 Å². The molecule has 6 nitrogen and oxygen atoms in total. The molecule has 0 spiro atoms. The lowest BCUT2D eigenvalue weighted by molar-refractivity contribution is 0.0744. The molecule has 0 fully saturated rings. The quantitative estimate of drug-likeness (QED) is 0.703. The Hall–Kier alpha value is -2.44. The zero-order valence-corrected chi connectivity index (χ0v) is 15.1. The zero-order valence-electron chi connectivity index (χ0n) is 14.4. The molecule has 0 N–H and O–H groups in total. The highest BCUT2D eigenvalue weighted by Gasteiger charge is 2.17. The Balaban J connectivity index is 1.99. The fourth-order valence-electron chi connectivity index (χ4n) is 2.63. The highest BCUT2D eigenvalue weighted by Crippen LogP contribution is 2.28. The topological polar surface area (TPSA) is 60.2 Å². The molecule has 0 atom stereocenters. The van der Waals surface area contributed by atoms with Crippen molar-refractivity contribution in [2.75, 3.05) is 27.3 Å². The Kier molecular flexibility index (Phi) is 5.01. The van der Waals surface area contributed by atoms with Crippen molar-refractivity contribution >= 4 is 28.7 Å². The first-order chi connectivity index (χ1) is 12.0. The van der Waals surface area contributed by atoms with Gasteiger partial charge in [-0.2, -0.15) is 0 Å². The number of nitrogens with zero attached hydrogens (tertiary/aromatic N) is 4. The van der Waals surface area contributed by atoms with E-state index >= 15 is 0 Å². The van der Waals surface area contributed by atoms with Gasteiger partial charge in [-0.05, 0) is 18.2 Å². The molecular weight excluding hydrogens is 340 g/mol. The molecule has 130 valence electrons. The van der Waals surface area contributed by atoms with Crippen LogP contribution in [-0.4, -0.2) is 52.7 Å². The van der Waals surface area contributed by atoms with Gasteiger partial charge in [0.05, 0.1) is 17.2 Å². The molecule has 2 aromatic heterocycles. The number of aromatic nitrogens is 3. The first-order valence-electron chi connectivity index (χ1n) is 7.84. The zero-order chi connectivity index (χ0) is 18.0. The summed E-state index contributed by atoms with van der Waals surface area (Å²) in [5, 5.41) is 0.622. The van der Waals surface area contributed by atoms with Gasteiger partial charge in [0, 0.05) is 39.5 Å². The highest BCUT2D eigenvalue weighted by atomic mass is 35.5. The average Bonchev–Trinajstić information content (AvgIpc) is 2.95. The number of hydrogen-bond donors (Lipinski definition) is 0. The third-order valence-corrected chi connectivity index (χ3v) is 4.38. The van der Waals surface area contributed by atoms with Crippen LogP contribution in [0.2, 0.25) is 5.02 Å². The van der Waals surface area contributed by atoms with E-state index in [0.717, 1.165) is 5.56 Å². The van der Waals surface area contributed by atoms with Crippen LogP contribution in [0.4, 0.5) is 0 Å². The molecule has 3 rings (SSSR count). The van der Waals surface area contributed by atoms with Gasteiger partial charge in [-0.25, -0.2) is 9.97 Å². The van der Waals surface area contributed by atoms with E-state index in [1.165, 1.54) is 0 Å². The molecule has 0 bridgehead atoms. The van der Waals surface area contributed by atoms with Crippen molar-refractivity contribution in [1.82, 2.24) is 19.4 Å². The molecule has 0 saturated heterocycles. The van der Waals surface area contributed by atoms with Crippen molar-refractivity contribution < 1.29 is 9.53 Å². The fourth-order valence-corrected chi connectivity index (χ4v) is 2.85. The first kappa shape index (κ1) is 17.4. The molecule has 2 heterocycles. The Morgan fingerprint density at radius 2 is 2.12 bits per heavy atom.